The molecule has 3 heterocycles. The highest BCUT2D eigenvalue weighted by Gasteiger charge is 2.22. The summed E-state index contributed by atoms with van der Waals surface area (Å²) in [7, 11) is 0. The fraction of sp³-hybridized carbons (Fsp3) is 0.304. The minimum Gasteiger partial charge on any atom is -0.310 e. The SMILES string of the molecule is CC(C)(C)c1cc(NC(=O)CCCc2nc3ccccc3c(=O)[nH]2)n(-c2ncccn2)n1. The third-order valence-electron chi connectivity index (χ3n) is 4.97. The van der Waals surface area contributed by atoms with E-state index in [0.717, 1.165) is 5.69 Å². The summed E-state index contributed by atoms with van der Waals surface area (Å²) in [5.41, 5.74) is 1.10. The van der Waals surface area contributed by atoms with E-state index in [1.54, 1.807) is 41.3 Å². The summed E-state index contributed by atoms with van der Waals surface area (Å²) in [6.45, 7) is 6.15. The topological polar surface area (TPSA) is 118 Å². The smallest absolute Gasteiger partial charge is 0.258 e. The molecule has 0 saturated carbocycles. The number of amides is 1. The molecule has 4 rings (SSSR count). The van der Waals surface area contributed by atoms with Crippen LogP contribution in [0.2, 0.25) is 0 Å². The van der Waals surface area contributed by atoms with Gasteiger partial charge in [0.25, 0.3) is 11.5 Å². The van der Waals surface area contributed by atoms with Gasteiger partial charge in [0.2, 0.25) is 5.91 Å². The standard InChI is InChI=1S/C23H25N7O2/c1-23(2,3)17-14-19(30(29-17)22-24-12-7-13-25-22)28-20(31)11-6-10-18-26-16-9-5-4-8-15(16)21(32)27-18/h4-5,7-9,12-14H,6,10-11H2,1-3H3,(H,28,31)(H,26,27,32). The first-order valence-corrected chi connectivity index (χ1v) is 10.5. The van der Waals surface area contributed by atoms with Crippen molar-refractivity contribution in [3.05, 3.63) is 70.7 Å². The van der Waals surface area contributed by atoms with Gasteiger partial charge in [0.05, 0.1) is 16.6 Å². The van der Waals surface area contributed by atoms with Crippen LogP contribution in [0.25, 0.3) is 16.9 Å². The molecule has 32 heavy (non-hydrogen) atoms. The van der Waals surface area contributed by atoms with Crippen LogP contribution in [-0.2, 0) is 16.6 Å². The van der Waals surface area contributed by atoms with E-state index in [4.69, 9.17) is 0 Å². The number of aryl methyl sites for hydroxylation is 1. The number of rotatable bonds is 6. The second-order valence-electron chi connectivity index (χ2n) is 8.56. The number of carbonyl (C=O) groups excluding carboxylic acids is 1. The van der Waals surface area contributed by atoms with E-state index in [1.807, 2.05) is 12.1 Å². The lowest BCUT2D eigenvalue weighted by Gasteiger charge is -2.13. The maximum absolute atomic E-state index is 12.6. The average Bonchev–Trinajstić information content (AvgIpc) is 3.19. The number of benzene rings is 1. The predicted octanol–water partition coefficient (Wildman–Crippen LogP) is 3.16. The average molecular weight is 432 g/mol. The van der Waals surface area contributed by atoms with Gasteiger partial charge in [-0.25, -0.2) is 15.0 Å². The van der Waals surface area contributed by atoms with Crippen molar-refractivity contribution in [3.8, 4) is 5.95 Å². The van der Waals surface area contributed by atoms with E-state index in [-0.39, 0.29) is 23.3 Å². The van der Waals surface area contributed by atoms with Gasteiger partial charge in [-0.1, -0.05) is 32.9 Å². The highest BCUT2D eigenvalue weighted by molar-refractivity contribution is 5.90. The van der Waals surface area contributed by atoms with Gasteiger partial charge >= 0.3 is 0 Å². The van der Waals surface area contributed by atoms with E-state index in [9.17, 15) is 9.59 Å². The molecule has 2 N–H and O–H groups in total. The Morgan fingerprint density at radius 3 is 2.62 bits per heavy atom. The van der Waals surface area contributed by atoms with Crippen LogP contribution < -0.4 is 10.9 Å². The maximum atomic E-state index is 12.6. The molecule has 0 fully saturated rings. The first kappa shape index (κ1) is 21.4. The molecule has 0 aliphatic carbocycles. The molecule has 0 spiro atoms. The number of para-hydroxylation sites is 1. The van der Waals surface area contributed by atoms with Crippen molar-refractivity contribution in [2.24, 2.45) is 0 Å². The largest absolute Gasteiger partial charge is 0.310 e. The van der Waals surface area contributed by atoms with Gasteiger partial charge in [-0.15, -0.1) is 0 Å². The highest BCUT2D eigenvalue weighted by Crippen LogP contribution is 2.25. The monoisotopic (exact) mass is 431 g/mol. The Balaban J connectivity index is 1.45. The van der Waals surface area contributed by atoms with Gasteiger partial charge in [0.1, 0.15) is 11.6 Å². The molecule has 1 aromatic carbocycles. The maximum Gasteiger partial charge on any atom is 0.258 e. The summed E-state index contributed by atoms with van der Waals surface area (Å²) in [5.74, 6) is 1.31. The zero-order valence-corrected chi connectivity index (χ0v) is 18.3. The number of nitrogens with one attached hydrogen (secondary N) is 2. The number of hydrogen-bond donors (Lipinski definition) is 2. The summed E-state index contributed by atoms with van der Waals surface area (Å²) in [5, 5.41) is 8.07. The van der Waals surface area contributed by atoms with Gasteiger partial charge in [0.15, 0.2) is 0 Å². The van der Waals surface area contributed by atoms with Crippen molar-refractivity contribution in [1.29, 1.82) is 0 Å². The molecular formula is C23H25N7O2. The summed E-state index contributed by atoms with van der Waals surface area (Å²) in [4.78, 5) is 40.6. The van der Waals surface area contributed by atoms with Gasteiger partial charge in [0, 0.05) is 36.7 Å². The second-order valence-corrected chi connectivity index (χ2v) is 8.56. The van der Waals surface area contributed by atoms with Crippen molar-refractivity contribution < 1.29 is 4.79 Å². The van der Waals surface area contributed by atoms with Gasteiger partial charge in [-0.05, 0) is 24.6 Å². The Labute approximate surface area is 185 Å². The molecule has 164 valence electrons. The highest BCUT2D eigenvalue weighted by atomic mass is 16.1. The van der Waals surface area contributed by atoms with Crippen LogP contribution in [0.5, 0.6) is 0 Å². The second kappa shape index (κ2) is 8.70. The lowest BCUT2D eigenvalue weighted by Crippen LogP contribution is -2.17. The Morgan fingerprint density at radius 2 is 1.88 bits per heavy atom. The molecule has 0 aliphatic heterocycles. The Kier molecular flexibility index (Phi) is 5.81. The first-order chi connectivity index (χ1) is 15.3. The van der Waals surface area contributed by atoms with Gasteiger partial charge in [-0.3, -0.25) is 9.59 Å². The summed E-state index contributed by atoms with van der Waals surface area (Å²) in [6, 6.07) is 10.8. The zero-order valence-electron chi connectivity index (χ0n) is 18.3. The van der Waals surface area contributed by atoms with Crippen LogP contribution in [0.1, 0.15) is 45.1 Å². The number of carbonyl (C=O) groups is 1. The number of H-pyrrole nitrogens is 1. The fourth-order valence-electron chi connectivity index (χ4n) is 3.26. The summed E-state index contributed by atoms with van der Waals surface area (Å²) >= 11 is 0. The molecular weight excluding hydrogens is 406 g/mol. The van der Waals surface area contributed by atoms with E-state index >= 15 is 0 Å². The molecule has 0 bridgehead atoms. The van der Waals surface area contributed by atoms with E-state index in [0.29, 0.717) is 41.3 Å². The zero-order chi connectivity index (χ0) is 22.7. The number of fused-ring (bicyclic) bond motifs is 1. The quantitative estimate of drug-likeness (QED) is 0.484. The van der Waals surface area contributed by atoms with E-state index in [1.165, 1.54) is 0 Å². The Hall–Kier alpha value is -3.88. The summed E-state index contributed by atoms with van der Waals surface area (Å²) < 4.78 is 1.54. The molecule has 0 unspecified atom stereocenters. The van der Waals surface area contributed by atoms with Crippen molar-refractivity contribution in [2.75, 3.05) is 5.32 Å². The van der Waals surface area contributed by atoms with Crippen LogP contribution in [0, 0.1) is 0 Å². The number of hydrogen-bond acceptors (Lipinski definition) is 6. The molecule has 0 atom stereocenters. The number of aromatic nitrogens is 6. The third kappa shape index (κ3) is 4.72. The normalized spacial score (nSPS) is 11.6. The summed E-state index contributed by atoms with van der Waals surface area (Å²) in [6.07, 6.45) is 4.55. The molecule has 9 nitrogen and oxygen atoms in total. The Morgan fingerprint density at radius 1 is 1.12 bits per heavy atom. The third-order valence-corrected chi connectivity index (χ3v) is 4.97. The van der Waals surface area contributed by atoms with Crippen LogP contribution in [0.4, 0.5) is 5.82 Å². The van der Waals surface area contributed by atoms with Crippen molar-refractivity contribution >= 4 is 22.6 Å². The number of aromatic amines is 1. The molecule has 0 aliphatic rings. The minimum atomic E-state index is -0.201. The van der Waals surface area contributed by atoms with Crippen LogP contribution >= 0.6 is 0 Å². The molecule has 0 saturated heterocycles. The number of anilines is 1. The minimum absolute atomic E-state index is 0.161. The van der Waals surface area contributed by atoms with E-state index < -0.39 is 0 Å². The van der Waals surface area contributed by atoms with Crippen molar-refractivity contribution in [2.45, 2.75) is 45.4 Å². The first-order valence-electron chi connectivity index (χ1n) is 10.5. The van der Waals surface area contributed by atoms with Crippen LogP contribution in [-0.4, -0.2) is 35.6 Å². The van der Waals surface area contributed by atoms with Crippen LogP contribution in [0.3, 0.4) is 0 Å². The molecule has 3 aromatic heterocycles. The fourth-order valence-corrected chi connectivity index (χ4v) is 3.26. The molecule has 1 amide bonds. The van der Waals surface area contributed by atoms with Crippen molar-refractivity contribution in [3.63, 3.8) is 0 Å². The van der Waals surface area contributed by atoms with Crippen molar-refractivity contribution in [1.82, 2.24) is 29.7 Å². The van der Waals surface area contributed by atoms with Gasteiger partial charge in [-0.2, -0.15) is 9.78 Å². The predicted molar refractivity (Wildman–Crippen MR) is 122 cm³/mol. The van der Waals surface area contributed by atoms with E-state index in [2.05, 4.69) is 51.1 Å². The molecule has 4 aromatic rings. The van der Waals surface area contributed by atoms with Gasteiger partial charge < -0.3 is 10.3 Å². The van der Waals surface area contributed by atoms with Crippen LogP contribution in [0.15, 0.2) is 53.6 Å². The molecule has 9 heteroatoms. The lowest BCUT2D eigenvalue weighted by molar-refractivity contribution is -0.116. The lowest BCUT2D eigenvalue weighted by atomic mass is 9.92. The Bertz CT molecular complexity index is 1300. The number of nitrogens with zero attached hydrogens (tertiary/aromatic N) is 5. The molecule has 0 radical (unpaired) electrons.